The Hall–Kier alpha value is -3.53. The molecule has 36 heavy (non-hydrogen) atoms. The SMILES string of the molecule is CN(C)CCN(C)c1cc(-c2ccc3c(c2)ncn3C2CCC(F)(F)CC2)c2nc[nH]c2c1C(N)=O. The number of rotatable bonds is 7. The van der Waals surface area contributed by atoms with Gasteiger partial charge in [-0.15, -0.1) is 0 Å². The van der Waals surface area contributed by atoms with Crippen LogP contribution in [0, 0.1) is 0 Å². The molecule has 1 fully saturated rings. The molecule has 0 radical (unpaired) electrons. The van der Waals surface area contributed by atoms with Gasteiger partial charge >= 0.3 is 0 Å². The Morgan fingerprint density at radius 3 is 2.61 bits per heavy atom. The Morgan fingerprint density at radius 2 is 1.92 bits per heavy atom. The molecule has 0 bridgehead atoms. The highest BCUT2D eigenvalue weighted by molar-refractivity contribution is 6.13. The van der Waals surface area contributed by atoms with Crippen molar-refractivity contribution < 1.29 is 13.6 Å². The summed E-state index contributed by atoms with van der Waals surface area (Å²) in [6.45, 7) is 1.51. The zero-order chi connectivity index (χ0) is 25.6. The molecule has 0 spiro atoms. The minimum absolute atomic E-state index is 0.0188. The Labute approximate surface area is 208 Å². The molecule has 0 unspecified atom stereocenters. The van der Waals surface area contributed by atoms with Crippen molar-refractivity contribution in [2.45, 2.75) is 37.6 Å². The number of hydrogen-bond acceptors (Lipinski definition) is 5. The number of aromatic amines is 1. The summed E-state index contributed by atoms with van der Waals surface area (Å²) < 4.78 is 29.3. The molecule has 2 aromatic heterocycles. The lowest BCUT2D eigenvalue weighted by Crippen LogP contribution is -2.30. The maximum absolute atomic E-state index is 13.7. The monoisotopic (exact) mass is 495 g/mol. The van der Waals surface area contributed by atoms with Gasteiger partial charge in [0.1, 0.15) is 0 Å². The van der Waals surface area contributed by atoms with Crippen LogP contribution in [0.15, 0.2) is 36.9 Å². The van der Waals surface area contributed by atoms with E-state index in [1.165, 1.54) is 0 Å². The molecule has 2 aromatic carbocycles. The fourth-order valence-corrected chi connectivity index (χ4v) is 5.13. The summed E-state index contributed by atoms with van der Waals surface area (Å²) in [7, 11) is 5.94. The van der Waals surface area contributed by atoms with Crippen molar-refractivity contribution in [1.29, 1.82) is 0 Å². The van der Waals surface area contributed by atoms with E-state index in [0.29, 0.717) is 36.0 Å². The van der Waals surface area contributed by atoms with Crippen LogP contribution in [0.25, 0.3) is 33.2 Å². The quantitative estimate of drug-likeness (QED) is 0.396. The number of carbonyl (C=O) groups excluding carboxylic acids is 1. The number of amides is 1. The van der Waals surface area contributed by atoms with Gasteiger partial charge in [-0.1, -0.05) is 6.07 Å². The molecular formula is C26H31F2N7O. The Bertz CT molecular complexity index is 1410. The molecule has 5 rings (SSSR count). The maximum atomic E-state index is 13.7. The Balaban J connectivity index is 1.57. The molecule has 190 valence electrons. The number of aromatic nitrogens is 4. The van der Waals surface area contributed by atoms with Crippen LogP contribution in [0.4, 0.5) is 14.5 Å². The van der Waals surface area contributed by atoms with Crippen molar-refractivity contribution in [2.75, 3.05) is 39.1 Å². The molecule has 1 aliphatic rings. The minimum atomic E-state index is -2.57. The molecule has 3 N–H and O–H groups in total. The third-order valence-electron chi connectivity index (χ3n) is 7.19. The molecule has 0 saturated heterocycles. The molecule has 2 heterocycles. The average molecular weight is 496 g/mol. The fourth-order valence-electron chi connectivity index (χ4n) is 5.13. The second-order valence-corrected chi connectivity index (χ2v) is 9.98. The molecule has 1 aliphatic carbocycles. The normalized spacial score (nSPS) is 16.3. The van der Waals surface area contributed by atoms with Crippen molar-refractivity contribution >= 4 is 33.7 Å². The number of carbonyl (C=O) groups is 1. The summed E-state index contributed by atoms with van der Waals surface area (Å²) in [6, 6.07) is 7.95. The number of nitrogens with one attached hydrogen (secondary N) is 1. The summed E-state index contributed by atoms with van der Waals surface area (Å²) >= 11 is 0. The highest BCUT2D eigenvalue weighted by atomic mass is 19.3. The van der Waals surface area contributed by atoms with E-state index in [0.717, 1.165) is 34.4 Å². The molecular weight excluding hydrogens is 464 g/mol. The topological polar surface area (TPSA) is 96.1 Å². The highest BCUT2D eigenvalue weighted by Gasteiger charge is 2.35. The average Bonchev–Trinajstić information content (AvgIpc) is 3.48. The third-order valence-corrected chi connectivity index (χ3v) is 7.19. The van der Waals surface area contributed by atoms with Crippen LogP contribution in [0.3, 0.4) is 0 Å². The molecule has 4 aromatic rings. The summed E-state index contributed by atoms with van der Waals surface area (Å²) in [6.07, 6.45) is 4.00. The standard InChI is InChI=1S/C26H31F2N7O/c1-33(2)10-11-34(3)21-13-18(23-24(31-14-30-23)22(21)25(29)36)16-4-5-20-19(12-16)32-15-35(20)17-6-8-26(27,28)9-7-17/h4-5,12-15,17H,6-11H2,1-3H3,(H2,29,36)(H,30,31). The minimum Gasteiger partial charge on any atom is -0.373 e. The number of halogens is 2. The number of hydrogen-bond donors (Lipinski definition) is 2. The van der Waals surface area contributed by atoms with Crippen molar-refractivity contribution in [3.63, 3.8) is 0 Å². The van der Waals surface area contributed by atoms with E-state index in [4.69, 9.17) is 5.73 Å². The zero-order valence-electron chi connectivity index (χ0n) is 20.8. The van der Waals surface area contributed by atoms with Gasteiger partial charge in [0.2, 0.25) is 5.92 Å². The zero-order valence-corrected chi connectivity index (χ0v) is 20.8. The van der Waals surface area contributed by atoms with Gasteiger partial charge in [-0.25, -0.2) is 18.7 Å². The van der Waals surface area contributed by atoms with E-state index in [1.807, 2.05) is 54.9 Å². The summed E-state index contributed by atoms with van der Waals surface area (Å²) in [5.74, 6) is -3.08. The highest BCUT2D eigenvalue weighted by Crippen LogP contribution is 2.40. The van der Waals surface area contributed by atoms with Gasteiger partial charge in [0.25, 0.3) is 5.91 Å². The van der Waals surface area contributed by atoms with Gasteiger partial charge in [-0.3, -0.25) is 4.79 Å². The first-order valence-electron chi connectivity index (χ1n) is 12.1. The number of alkyl halides is 2. The van der Waals surface area contributed by atoms with E-state index >= 15 is 0 Å². The van der Waals surface area contributed by atoms with Gasteiger partial charge in [0.05, 0.1) is 46.0 Å². The first kappa shape index (κ1) is 24.2. The van der Waals surface area contributed by atoms with Crippen LogP contribution in [0.2, 0.25) is 0 Å². The first-order chi connectivity index (χ1) is 17.1. The van der Waals surface area contributed by atoms with Gasteiger partial charge in [0.15, 0.2) is 0 Å². The lowest BCUT2D eigenvalue weighted by molar-refractivity contribution is -0.0436. The van der Waals surface area contributed by atoms with E-state index < -0.39 is 11.8 Å². The van der Waals surface area contributed by atoms with E-state index in [1.54, 1.807) is 12.7 Å². The Morgan fingerprint density at radius 1 is 1.17 bits per heavy atom. The summed E-state index contributed by atoms with van der Waals surface area (Å²) in [5.41, 5.74) is 11.7. The van der Waals surface area contributed by atoms with Crippen molar-refractivity contribution in [1.82, 2.24) is 24.4 Å². The van der Waals surface area contributed by atoms with E-state index in [2.05, 4.69) is 19.9 Å². The number of benzene rings is 2. The lowest BCUT2D eigenvalue weighted by Gasteiger charge is -2.29. The first-order valence-corrected chi connectivity index (χ1v) is 12.1. The second-order valence-electron chi connectivity index (χ2n) is 9.98. The van der Waals surface area contributed by atoms with Crippen molar-refractivity contribution in [3.8, 4) is 11.1 Å². The molecule has 10 heteroatoms. The number of nitrogens with two attached hydrogens (primary N) is 1. The number of anilines is 1. The number of imidazole rings is 2. The van der Waals surface area contributed by atoms with Crippen LogP contribution < -0.4 is 10.6 Å². The predicted octanol–water partition coefficient (Wildman–Crippen LogP) is 4.43. The second kappa shape index (κ2) is 9.16. The maximum Gasteiger partial charge on any atom is 0.253 e. The molecule has 1 amide bonds. The third kappa shape index (κ3) is 4.41. The number of H-pyrrole nitrogens is 1. The molecule has 0 atom stereocenters. The van der Waals surface area contributed by atoms with Crippen LogP contribution in [-0.2, 0) is 0 Å². The lowest BCUT2D eigenvalue weighted by atomic mass is 9.92. The molecule has 1 saturated carbocycles. The van der Waals surface area contributed by atoms with Crippen molar-refractivity contribution in [3.05, 3.63) is 42.5 Å². The Kier molecular flexibility index (Phi) is 6.15. The van der Waals surface area contributed by atoms with Gasteiger partial charge < -0.3 is 25.1 Å². The van der Waals surface area contributed by atoms with Gasteiger partial charge in [-0.05, 0) is 50.7 Å². The van der Waals surface area contributed by atoms with Gasteiger partial charge in [-0.2, -0.15) is 0 Å². The molecule has 8 nitrogen and oxygen atoms in total. The number of primary amides is 1. The van der Waals surface area contributed by atoms with Crippen LogP contribution >= 0.6 is 0 Å². The largest absolute Gasteiger partial charge is 0.373 e. The van der Waals surface area contributed by atoms with Gasteiger partial charge in [0, 0.05) is 44.6 Å². The summed E-state index contributed by atoms with van der Waals surface area (Å²) in [4.78, 5) is 28.8. The number of nitrogens with zero attached hydrogens (tertiary/aromatic N) is 5. The van der Waals surface area contributed by atoms with Crippen LogP contribution in [0.1, 0.15) is 42.1 Å². The predicted molar refractivity (Wildman–Crippen MR) is 138 cm³/mol. The van der Waals surface area contributed by atoms with E-state index in [-0.39, 0.29) is 18.9 Å². The number of likely N-dealkylation sites (N-methyl/N-ethyl adjacent to an activating group) is 2. The van der Waals surface area contributed by atoms with Crippen LogP contribution in [0.5, 0.6) is 0 Å². The summed E-state index contributed by atoms with van der Waals surface area (Å²) in [5, 5.41) is 0. The van der Waals surface area contributed by atoms with Crippen LogP contribution in [-0.4, -0.2) is 70.5 Å². The number of fused-ring (bicyclic) bond motifs is 2. The van der Waals surface area contributed by atoms with Crippen molar-refractivity contribution in [2.24, 2.45) is 5.73 Å². The molecule has 0 aliphatic heterocycles. The smallest absolute Gasteiger partial charge is 0.253 e. The fraction of sp³-hybridized carbons (Fsp3) is 0.423. The van der Waals surface area contributed by atoms with E-state index in [9.17, 15) is 13.6 Å².